The van der Waals surface area contributed by atoms with Crippen LogP contribution in [0.2, 0.25) is 0 Å². The highest BCUT2D eigenvalue weighted by molar-refractivity contribution is 6.10. The molecular weight excluding hydrogens is 276 g/mol. The fraction of sp³-hybridized carbons (Fsp3) is 0.579. The van der Waals surface area contributed by atoms with Crippen molar-refractivity contribution in [1.82, 2.24) is 0 Å². The van der Waals surface area contributed by atoms with Crippen molar-refractivity contribution in [3.8, 4) is 0 Å². The summed E-state index contributed by atoms with van der Waals surface area (Å²) in [6, 6.07) is 7.32. The topological polar surface area (TPSA) is 43.4 Å². The van der Waals surface area contributed by atoms with Gasteiger partial charge in [0.05, 0.1) is 6.42 Å². The quantitative estimate of drug-likeness (QED) is 0.363. The van der Waals surface area contributed by atoms with Crippen LogP contribution in [0.15, 0.2) is 24.3 Å². The van der Waals surface area contributed by atoms with E-state index in [1.54, 1.807) is 26.2 Å². The van der Waals surface area contributed by atoms with E-state index in [2.05, 4.69) is 6.92 Å². The minimum atomic E-state index is -0.853. The number of rotatable bonds is 10. The van der Waals surface area contributed by atoms with E-state index >= 15 is 0 Å². The predicted molar refractivity (Wildman–Crippen MR) is 89.3 cm³/mol. The van der Waals surface area contributed by atoms with Gasteiger partial charge in [-0.25, -0.2) is 0 Å². The van der Waals surface area contributed by atoms with Gasteiger partial charge in [-0.3, -0.25) is 9.59 Å². The van der Waals surface area contributed by atoms with E-state index in [9.17, 15) is 9.59 Å². The first-order valence-electron chi connectivity index (χ1n) is 8.11. The van der Waals surface area contributed by atoms with Crippen molar-refractivity contribution in [2.75, 3.05) is 7.11 Å². The summed E-state index contributed by atoms with van der Waals surface area (Å²) in [5.41, 5.74) is 0.831. The first kappa shape index (κ1) is 18.6. The number of hydrogen-bond donors (Lipinski definition) is 0. The van der Waals surface area contributed by atoms with Crippen LogP contribution in [-0.4, -0.2) is 24.3 Å². The molecule has 22 heavy (non-hydrogen) atoms. The molecule has 122 valence electrons. The molecule has 0 saturated heterocycles. The van der Waals surface area contributed by atoms with E-state index in [1.165, 1.54) is 0 Å². The molecule has 0 heterocycles. The third-order valence-electron chi connectivity index (χ3n) is 4.24. The smallest absolute Gasteiger partial charge is 0.172 e. The predicted octanol–water partition coefficient (Wildman–Crippen LogP) is 4.51. The van der Waals surface area contributed by atoms with Crippen LogP contribution < -0.4 is 0 Å². The van der Waals surface area contributed by atoms with Gasteiger partial charge in [-0.15, -0.1) is 0 Å². The molecule has 0 aliphatic heterocycles. The Morgan fingerprint density at radius 2 is 1.73 bits per heavy atom. The number of aryl methyl sites for hydroxylation is 1. The maximum atomic E-state index is 12.5. The highest BCUT2D eigenvalue weighted by Crippen LogP contribution is 2.22. The third-order valence-corrected chi connectivity index (χ3v) is 4.24. The van der Waals surface area contributed by atoms with Crippen LogP contribution in [-0.2, 0) is 9.53 Å². The molecule has 0 radical (unpaired) electrons. The van der Waals surface area contributed by atoms with Crippen molar-refractivity contribution < 1.29 is 14.3 Å². The van der Waals surface area contributed by atoms with Gasteiger partial charge >= 0.3 is 0 Å². The van der Waals surface area contributed by atoms with E-state index in [0.29, 0.717) is 12.0 Å². The van der Waals surface area contributed by atoms with Gasteiger partial charge in [0.1, 0.15) is 5.60 Å². The molecule has 3 heteroatoms. The van der Waals surface area contributed by atoms with Gasteiger partial charge in [-0.1, -0.05) is 62.4 Å². The summed E-state index contributed by atoms with van der Waals surface area (Å²) in [4.78, 5) is 24.7. The summed E-state index contributed by atoms with van der Waals surface area (Å²) in [6.45, 7) is 5.92. The van der Waals surface area contributed by atoms with Crippen LogP contribution in [0.4, 0.5) is 0 Å². The van der Waals surface area contributed by atoms with Crippen molar-refractivity contribution in [2.45, 2.75) is 64.9 Å². The standard InChI is InChI=1S/C19H28O3/c1-5-6-7-8-13-19(3,22-4)18(21)14-17(20)16-11-9-15(2)10-12-16/h9-12H,5-8,13-14H2,1-4H3. The number of benzene rings is 1. The summed E-state index contributed by atoms with van der Waals surface area (Å²) in [6.07, 6.45) is 4.93. The molecule has 1 atom stereocenters. The number of methoxy groups -OCH3 is 1. The minimum Gasteiger partial charge on any atom is -0.371 e. The largest absolute Gasteiger partial charge is 0.371 e. The maximum Gasteiger partial charge on any atom is 0.172 e. The molecule has 0 saturated carbocycles. The van der Waals surface area contributed by atoms with Gasteiger partial charge in [0.2, 0.25) is 0 Å². The number of ketones is 2. The molecule has 0 spiro atoms. The zero-order valence-electron chi connectivity index (χ0n) is 14.3. The molecule has 1 rings (SSSR count). The Morgan fingerprint density at radius 3 is 2.27 bits per heavy atom. The van der Waals surface area contributed by atoms with Crippen molar-refractivity contribution >= 4 is 11.6 Å². The fourth-order valence-corrected chi connectivity index (χ4v) is 2.42. The van der Waals surface area contributed by atoms with Gasteiger partial charge in [0.15, 0.2) is 11.6 Å². The zero-order chi connectivity index (χ0) is 16.6. The van der Waals surface area contributed by atoms with Crippen LogP contribution in [0.3, 0.4) is 0 Å². The SMILES string of the molecule is CCCCCCC(C)(OC)C(=O)CC(=O)c1ccc(C)cc1. The van der Waals surface area contributed by atoms with Crippen LogP contribution in [0.1, 0.15) is 68.3 Å². The Bertz CT molecular complexity index is 490. The molecule has 3 nitrogen and oxygen atoms in total. The number of ether oxygens (including phenoxy) is 1. The number of unbranched alkanes of at least 4 members (excludes halogenated alkanes) is 3. The second-order valence-corrected chi connectivity index (χ2v) is 6.13. The van der Waals surface area contributed by atoms with Gasteiger partial charge < -0.3 is 4.74 Å². The molecule has 1 aromatic carbocycles. The average Bonchev–Trinajstić information content (AvgIpc) is 2.51. The molecule has 0 aliphatic carbocycles. The molecule has 0 aromatic heterocycles. The van der Waals surface area contributed by atoms with Gasteiger partial charge in [0, 0.05) is 12.7 Å². The Balaban J connectivity index is 2.63. The molecule has 1 unspecified atom stereocenters. The lowest BCUT2D eigenvalue weighted by Crippen LogP contribution is -2.38. The lowest BCUT2D eigenvalue weighted by molar-refractivity contribution is -0.139. The highest BCUT2D eigenvalue weighted by Gasteiger charge is 2.33. The third kappa shape index (κ3) is 5.38. The summed E-state index contributed by atoms with van der Waals surface area (Å²) in [5, 5.41) is 0. The Morgan fingerprint density at radius 1 is 1.09 bits per heavy atom. The van der Waals surface area contributed by atoms with Crippen LogP contribution in [0.25, 0.3) is 0 Å². The molecule has 1 aromatic rings. The number of carbonyl (C=O) groups is 2. The molecule has 0 N–H and O–H groups in total. The minimum absolute atomic E-state index is 0.0961. The van der Waals surface area contributed by atoms with E-state index < -0.39 is 5.60 Å². The zero-order valence-corrected chi connectivity index (χ0v) is 14.3. The van der Waals surface area contributed by atoms with Crippen molar-refractivity contribution in [3.05, 3.63) is 35.4 Å². The highest BCUT2D eigenvalue weighted by atomic mass is 16.5. The van der Waals surface area contributed by atoms with Gasteiger partial charge in [-0.05, 0) is 20.3 Å². The second-order valence-electron chi connectivity index (χ2n) is 6.13. The van der Waals surface area contributed by atoms with E-state index in [1.807, 2.05) is 19.1 Å². The van der Waals surface area contributed by atoms with Crippen molar-refractivity contribution in [1.29, 1.82) is 0 Å². The van der Waals surface area contributed by atoms with E-state index in [4.69, 9.17) is 4.74 Å². The van der Waals surface area contributed by atoms with Crippen LogP contribution in [0, 0.1) is 6.92 Å². The summed E-state index contributed by atoms with van der Waals surface area (Å²) in [7, 11) is 1.55. The number of carbonyl (C=O) groups excluding carboxylic acids is 2. The second kappa shape index (κ2) is 8.84. The summed E-state index contributed by atoms with van der Waals surface area (Å²) >= 11 is 0. The maximum absolute atomic E-state index is 12.5. The van der Waals surface area contributed by atoms with Gasteiger partial charge in [0.25, 0.3) is 0 Å². The first-order valence-corrected chi connectivity index (χ1v) is 8.11. The van der Waals surface area contributed by atoms with Crippen LogP contribution >= 0.6 is 0 Å². The van der Waals surface area contributed by atoms with E-state index in [0.717, 1.165) is 31.2 Å². The molecule has 0 amide bonds. The van der Waals surface area contributed by atoms with Crippen LogP contribution in [0.5, 0.6) is 0 Å². The molecule has 0 aliphatic rings. The summed E-state index contributed by atoms with van der Waals surface area (Å²) < 4.78 is 5.43. The molecule has 0 bridgehead atoms. The number of hydrogen-bond acceptors (Lipinski definition) is 3. The van der Waals surface area contributed by atoms with Crippen molar-refractivity contribution in [3.63, 3.8) is 0 Å². The Kier molecular flexibility index (Phi) is 7.46. The van der Waals surface area contributed by atoms with Crippen molar-refractivity contribution in [2.24, 2.45) is 0 Å². The Labute approximate surface area is 134 Å². The monoisotopic (exact) mass is 304 g/mol. The normalized spacial score (nSPS) is 13.6. The van der Waals surface area contributed by atoms with Gasteiger partial charge in [-0.2, -0.15) is 0 Å². The Hall–Kier alpha value is -1.48. The lowest BCUT2D eigenvalue weighted by atomic mass is 9.89. The lowest BCUT2D eigenvalue weighted by Gasteiger charge is -2.26. The van der Waals surface area contributed by atoms with E-state index in [-0.39, 0.29) is 18.0 Å². The number of Topliss-reactive ketones (excluding diaryl/α,β-unsaturated/α-hetero) is 2. The molecule has 0 fully saturated rings. The first-order chi connectivity index (χ1) is 10.4. The average molecular weight is 304 g/mol. The fourth-order valence-electron chi connectivity index (χ4n) is 2.42. The molecular formula is C19H28O3. The summed E-state index contributed by atoms with van der Waals surface area (Å²) in [5.74, 6) is -0.265.